The number of anilines is 1. The number of thioether (sulfide) groups is 1. The molecule has 0 bridgehead atoms. The molecule has 0 saturated heterocycles. The first-order valence-corrected chi connectivity index (χ1v) is 26.9. The molecule has 0 fully saturated rings. The van der Waals surface area contributed by atoms with Crippen LogP contribution in [-0.4, -0.2) is 40.5 Å². The molecule has 2 aliphatic carbocycles. The van der Waals surface area contributed by atoms with E-state index in [1.165, 1.54) is 71.7 Å². The minimum Gasteiger partial charge on any atom is -0.478 e. The van der Waals surface area contributed by atoms with Crippen molar-refractivity contribution in [1.82, 2.24) is 0 Å². The molecule has 5 heteroatoms. The molecule has 4 nitrogen and oxygen atoms in total. The van der Waals surface area contributed by atoms with Gasteiger partial charge >= 0.3 is 5.97 Å². The number of carboxylic acid groups (broad SMARTS) is 1. The molecule has 6 aromatic carbocycles. The lowest BCUT2D eigenvalue weighted by Crippen LogP contribution is -2.35. The molecule has 4 unspecified atom stereocenters. The Morgan fingerprint density at radius 1 is 0.746 bits per heavy atom. The number of hydrogen-bond acceptors (Lipinski definition) is 3. The second-order valence-corrected chi connectivity index (χ2v) is 22.8. The van der Waals surface area contributed by atoms with Gasteiger partial charge in [0.25, 0.3) is 0 Å². The SMILES string of the molecule is CC(C)CCN1/C(=C\C=C2/CCC(/C=C/C3=[N+](CCC(C)C)C4C=Cc5ccccc5C4C3(C)Cc3ccccc3)=C2Sc2ccc(C(=O)O)cc2)C(C)(Cc2ccccc2)c2c1ccc1ccccc21. The van der Waals surface area contributed by atoms with Gasteiger partial charge in [0.15, 0.2) is 11.8 Å². The van der Waals surface area contributed by atoms with Gasteiger partial charge in [0.1, 0.15) is 6.54 Å². The van der Waals surface area contributed by atoms with Crippen LogP contribution in [0, 0.1) is 17.3 Å². The van der Waals surface area contributed by atoms with E-state index in [-0.39, 0.29) is 16.9 Å². The molecule has 71 heavy (non-hydrogen) atoms. The third-order valence-corrected chi connectivity index (χ3v) is 17.1. The van der Waals surface area contributed by atoms with Gasteiger partial charge in [0.2, 0.25) is 0 Å². The maximum atomic E-state index is 12.0. The van der Waals surface area contributed by atoms with E-state index in [1.807, 2.05) is 12.1 Å². The van der Waals surface area contributed by atoms with Crippen LogP contribution in [0.1, 0.15) is 111 Å². The maximum absolute atomic E-state index is 12.0. The van der Waals surface area contributed by atoms with E-state index in [0.29, 0.717) is 23.3 Å². The first-order valence-electron chi connectivity index (χ1n) is 26.0. The maximum Gasteiger partial charge on any atom is 0.335 e. The van der Waals surface area contributed by atoms with Gasteiger partial charge in [0, 0.05) is 45.6 Å². The van der Waals surface area contributed by atoms with Crippen LogP contribution in [0.2, 0.25) is 0 Å². The Morgan fingerprint density at radius 2 is 1.42 bits per heavy atom. The molecule has 6 aromatic rings. The van der Waals surface area contributed by atoms with Crippen LogP contribution < -0.4 is 4.90 Å². The zero-order chi connectivity index (χ0) is 49.3. The van der Waals surface area contributed by atoms with Crippen LogP contribution in [0.5, 0.6) is 0 Å². The van der Waals surface area contributed by atoms with Gasteiger partial charge in [0.05, 0.1) is 16.9 Å². The van der Waals surface area contributed by atoms with E-state index in [1.54, 1.807) is 23.9 Å². The zero-order valence-electron chi connectivity index (χ0n) is 42.4. The van der Waals surface area contributed by atoms with E-state index in [9.17, 15) is 9.90 Å². The van der Waals surface area contributed by atoms with Gasteiger partial charge in [-0.05, 0) is 150 Å². The van der Waals surface area contributed by atoms with Crippen molar-refractivity contribution in [1.29, 1.82) is 0 Å². The number of aromatic carboxylic acids is 1. The van der Waals surface area contributed by atoms with Gasteiger partial charge in [-0.3, -0.25) is 0 Å². The Labute approximate surface area is 426 Å². The topological polar surface area (TPSA) is 43.5 Å². The second-order valence-electron chi connectivity index (χ2n) is 21.7. The number of carbonyl (C=O) groups is 1. The number of allylic oxidation sites excluding steroid dienone is 7. The van der Waals surface area contributed by atoms with Crippen molar-refractivity contribution in [3.63, 3.8) is 0 Å². The quantitative estimate of drug-likeness (QED) is 0.0982. The van der Waals surface area contributed by atoms with Gasteiger partial charge in [-0.2, -0.15) is 0 Å². The summed E-state index contributed by atoms with van der Waals surface area (Å²) < 4.78 is 2.76. The molecule has 0 radical (unpaired) electrons. The van der Waals surface area contributed by atoms with Gasteiger partial charge < -0.3 is 10.0 Å². The van der Waals surface area contributed by atoms with Crippen molar-refractivity contribution < 1.29 is 14.5 Å². The normalized spacial score (nSPS) is 22.8. The van der Waals surface area contributed by atoms with Crippen LogP contribution >= 0.6 is 11.8 Å². The summed E-state index contributed by atoms with van der Waals surface area (Å²) in [5.74, 6) is 0.533. The van der Waals surface area contributed by atoms with Crippen molar-refractivity contribution in [2.75, 3.05) is 18.0 Å². The number of fused-ring (bicyclic) bond motifs is 6. The monoisotopic (exact) mass is 954 g/mol. The van der Waals surface area contributed by atoms with E-state index >= 15 is 0 Å². The molecule has 1 N–H and O–H groups in total. The number of hydrogen-bond donors (Lipinski definition) is 1. The summed E-state index contributed by atoms with van der Waals surface area (Å²) in [6, 6.07) is 52.5. The summed E-state index contributed by atoms with van der Waals surface area (Å²) in [4.78, 5) is 16.9. The molecule has 4 atom stereocenters. The molecular weight excluding hydrogens is 885 g/mol. The Balaban J connectivity index is 1.13. The molecule has 360 valence electrons. The zero-order valence-corrected chi connectivity index (χ0v) is 43.3. The molecule has 2 aliphatic heterocycles. The first-order chi connectivity index (χ1) is 34.4. The minimum atomic E-state index is -0.907. The number of benzene rings is 6. The average molecular weight is 954 g/mol. The van der Waals surface area contributed by atoms with Crippen molar-refractivity contribution >= 4 is 46.0 Å². The van der Waals surface area contributed by atoms with Crippen LogP contribution in [0.4, 0.5) is 5.69 Å². The second kappa shape index (κ2) is 20.4. The summed E-state index contributed by atoms with van der Waals surface area (Å²) >= 11 is 1.78. The van der Waals surface area contributed by atoms with E-state index in [4.69, 9.17) is 0 Å². The lowest BCUT2D eigenvalue weighted by molar-refractivity contribution is -0.549. The predicted molar refractivity (Wildman–Crippen MR) is 299 cm³/mol. The van der Waals surface area contributed by atoms with Crippen molar-refractivity contribution in [3.05, 3.63) is 231 Å². The third kappa shape index (κ3) is 9.58. The van der Waals surface area contributed by atoms with Crippen molar-refractivity contribution in [2.45, 2.75) is 102 Å². The Morgan fingerprint density at radius 3 is 2.14 bits per heavy atom. The summed E-state index contributed by atoms with van der Waals surface area (Å²) in [7, 11) is 0. The summed E-state index contributed by atoms with van der Waals surface area (Å²) in [5, 5.41) is 12.4. The van der Waals surface area contributed by atoms with Gasteiger partial charge in [-0.25, -0.2) is 9.37 Å². The highest BCUT2D eigenvalue weighted by atomic mass is 32.2. The largest absolute Gasteiger partial charge is 0.478 e. The molecule has 0 amide bonds. The number of nitrogens with zero attached hydrogens (tertiary/aromatic N) is 2. The van der Waals surface area contributed by atoms with Crippen LogP contribution in [0.3, 0.4) is 0 Å². The third-order valence-electron chi connectivity index (χ3n) is 15.8. The minimum absolute atomic E-state index is 0.174. The smallest absolute Gasteiger partial charge is 0.335 e. The fourth-order valence-corrected chi connectivity index (χ4v) is 13.4. The Kier molecular flexibility index (Phi) is 13.8. The fraction of sp³-hybridized carbons (Fsp3) is 0.303. The Bertz CT molecular complexity index is 3140. The summed E-state index contributed by atoms with van der Waals surface area (Å²) in [5.41, 5.74) is 13.4. The summed E-state index contributed by atoms with van der Waals surface area (Å²) in [6.07, 6.45) is 20.6. The first kappa shape index (κ1) is 48.2. The van der Waals surface area contributed by atoms with Gasteiger partial charge in [-0.1, -0.05) is 173 Å². The molecule has 4 aliphatic rings. The lowest BCUT2D eigenvalue weighted by atomic mass is 9.64. The lowest BCUT2D eigenvalue weighted by Gasteiger charge is -2.33. The Hall–Kier alpha value is -6.43. The van der Waals surface area contributed by atoms with Crippen LogP contribution in [-0.2, 0) is 18.3 Å². The van der Waals surface area contributed by atoms with E-state index in [0.717, 1.165) is 56.5 Å². The van der Waals surface area contributed by atoms with Gasteiger partial charge in [-0.15, -0.1) is 0 Å². The van der Waals surface area contributed by atoms with E-state index in [2.05, 4.69) is 209 Å². The molecule has 0 spiro atoms. The highest BCUT2D eigenvalue weighted by Crippen LogP contribution is 2.54. The molecule has 0 aromatic heterocycles. The fourth-order valence-electron chi connectivity index (χ4n) is 12.3. The van der Waals surface area contributed by atoms with Crippen LogP contribution in [0.25, 0.3) is 16.8 Å². The standard InChI is InChI=1S/C66H68N2O2S/c1-45(2)39-41-67-57-35-29-49-21-13-15-23-55(49)61(57)65(5,43-47-17-9-7-10-18-47)59(67)37-31-51-25-26-52(63(51)71-54-33-27-53(28-34-54)64(69)70)32-38-60-66(6,44-48-19-11-8-12-20-48)62-56-24-16-14-22-50(56)30-36-58(62)68(60)42-40-46(3)4/h7-24,27-38,45-46,57,61H,25-26,39-44H2,1-6H3/p+1. The number of rotatable bonds is 16. The molecular formula is C66H69N2O2S+. The average Bonchev–Trinajstić information content (AvgIpc) is 3.95. The highest BCUT2D eigenvalue weighted by molar-refractivity contribution is 8.03. The molecule has 10 rings (SSSR count). The highest BCUT2D eigenvalue weighted by Gasteiger charge is 2.57. The van der Waals surface area contributed by atoms with Crippen molar-refractivity contribution in [2.24, 2.45) is 17.3 Å². The predicted octanol–water partition coefficient (Wildman–Crippen LogP) is 16.1. The molecule has 0 saturated carbocycles. The number of carboxylic acids is 1. The molecule has 2 heterocycles. The van der Waals surface area contributed by atoms with E-state index < -0.39 is 5.97 Å². The van der Waals surface area contributed by atoms with Crippen molar-refractivity contribution in [3.8, 4) is 0 Å². The summed E-state index contributed by atoms with van der Waals surface area (Å²) in [6.45, 7) is 16.3. The van der Waals surface area contributed by atoms with Crippen LogP contribution in [0.15, 0.2) is 203 Å².